The van der Waals surface area contributed by atoms with Crippen molar-refractivity contribution in [3.63, 3.8) is 0 Å². The van der Waals surface area contributed by atoms with Crippen molar-refractivity contribution >= 4 is 55.7 Å². The Morgan fingerprint density at radius 3 is 2.83 bits per heavy atom. The molecule has 0 fully saturated rings. The highest BCUT2D eigenvalue weighted by atomic mass is 32.1. The summed E-state index contributed by atoms with van der Waals surface area (Å²) in [5, 5.41) is 4.18. The van der Waals surface area contributed by atoms with Crippen molar-refractivity contribution in [2.75, 3.05) is 17.7 Å². The molecule has 0 saturated carbocycles. The number of nitrogens with one attached hydrogen (secondary N) is 1. The van der Waals surface area contributed by atoms with Crippen molar-refractivity contribution in [1.82, 2.24) is 15.0 Å². The summed E-state index contributed by atoms with van der Waals surface area (Å²) in [5.74, 6) is -0.529. The van der Waals surface area contributed by atoms with Gasteiger partial charge in [-0.2, -0.15) is 0 Å². The third-order valence-corrected chi connectivity index (χ3v) is 5.40. The van der Waals surface area contributed by atoms with Crippen LogP contribution >= 0.6 is 11.3 Å². The number of aromatic nitrogens is 3. The standard InChI is InChI=1S/C20H17N5O3S/c1-10-16-17(21)18(29-19(16)24-11(2)23-10)20(27)28-9-15(26)25-14-7-3-6-13-12(14)5-4-8-22-13/h3-8H,9,21H2,1-2H3,(H,25,26). The number of amides is 1. The quantitative estimate of drug-likeness (QED) is 0.498. The summed E-state index contributed by atoms with van der Waals surface area (Å²) in [6, 6.07) is 9.04. The van der Waals surface area contributed by atoms with Crippen molar-refractivity contribution < 1.29 is 14.3 Å². The van der Waals surface area contributed by atoms with Crippen LogP contribution in [0.15, 0.2) is 36.5 Å². The molecule has 29 heavy (non-hydrogen) atoms. The number of hydrogen-bond donors (Lipinski definition) is 2. The van der Waals surface area contributed by atoms with Crippen LogP contribution in [0.5, 0.6) is 0 Å². The van der Waals surface area contributed by atoms with Crippen LogP contribution in [0.2, 0.25) is 0 Å². The second-order valence-corrected chi connectivity index (χ2v) is 7.38. The van der Waals surface area contributed by atoms with Gasteiger partial charge in [-0.25, -0.2) is 14.8 Å². The molecule has 0 saturated heterocycles. The van der Waals surface area contributed by atoms with Crippen LogP contribution in [-0.2, 0) is 9.53 Å². The number of nitrogens with two attached hydrogens (primary N) is 1. The summed E-state index contributed by atoms with van der Waals surface area (Å²) in [4.78, 5) is 38.4. The van der Waals surface area contributed by atoms with Gasteiger partial charge in [0.15, 0.2) is 6.61 Å². The molecule has 4 rings (SSSR count). The third-order valence-electron chi connectivity index (χ3n) is 4.32. The number of fused-ring (bicyclic) bond motifs is 2. The van der Waals surface area contributed by atoms with Crippen LogP contribution < -0.4 is 11.1 Å². The lowest BCUT2D eigenvalue weighted by Gasteiger charge is -2.08. The number of nitrogen functional groups attached to an aromatic ring is 1. The first-order valence-corrected chi connectivity index (χ1v) is 9.59. The molecule has 146 valence electrons. The smallest absolute Gasteiger partial charge is 0.351 e. The average molecular weight is 407 g/mol. The molecule has 0 spiro atoms. The maximum absolute atomic E-state index is 12.5. The maximum atomic E-state index is 12.5. The van der Waals surface area contributed by atoms with E-state index in [4.69, 9.17) is 10.5 Å². The molecule has 4 aromatic rings. The predicted molar refractivity (Wildman–Crippen MR) is 112 cm³/mol. The second kappa shape index (κ2) is 7.44. The fraction of sp³-hybridized carbons (Fsp3) is 0.150. The minimum Gasteiger partial charge on any atom is -0.451 e. The predicted octanol–water partition coefficient (Wildman–Crippen LogP) is 3.23. The fourth-order valence-corrected chi connectivity index (χ4v) is 4.16. The molecule has 8 nitrogen and oxygen atoms in total. The first-order valence-electron chi connectivity index (χ1n) is 8.78. The second-order valence-electron chi connectivity index (χ2n) is 6.38. The number of esters is 1. The molecule has 1 aromatic carbocycles. The minimum atomic E-state index is -0.669. The summed E-state index contributed by atoms with van der Waals surface area (Å²) >= 11 is 1.13. The molecule has 0 aliphatic heterocycles. The molecule has 1 amide bonds. The van der Waals surface area contributed by atoms with Gasteiger partial charge >= 0.3 is 5.97 Å². The number of benzene rings is 1. The number of carbonyl (C=O) groups excluding carboxylic acids is 2. The minimum absolute atomic E-state index is 0.213. The molecular formula is C20H17N5O3S. The van der Waals surface area contributed by atoms with Crippen LogP contribution in [-0.4, -0.2) is 33.4 Å². The highest BCUT2D eigenvalue weighted by Crippen LogP contribution is 2.34. The summed E-state index contributed by atoms with van der Waals surface area (Å²) in [5.41, 5.74) is 8.43. The Hall–Kier alpha value is -3.59. The van der Waals surface area contributed by atoms with Crippen LogP contribution in [0.4, 0.5) is 11.4 Å². The highest BCUT2D eigenvalue weighted by Gasteiger charge is 2.21. The van der Waals surface area contributed by atoms with Gasteiger partial charge in [-0.3, -0.25) is 9.78 Å². The van der Waals surface area contributed by atoms with Crippen molar-refractivity contribution in [2.45, 2.75) is 13.8 Å². The van der Waals surface area contributed by atoms with Crippen molar-refractivity contribution in [2.24, 2.45) is 0 Å². The zero-order valence-electron chi connectivity index (χ0n) is 15.7. The molecule has 0 aliphatic carbocycles. The first kappa shape index (κ1) is 18.8. The van der Waals surface area contributed by atoms with E-state index in [2.05, 4.69) is 20.3 Å². The Morgan fingerprint density at radius 2 is 2.00 bits per heavy atom. The molecule has 0 bridgehead atoms. The van der Waals surface area contributed by atoms with Crippen molar-refractivity contribution in [3.8, 4) is 0 Å². The summed E-state index contributed by atoms with van der Waals surface area (Å²) in [6.07, 6.45) is 1.68. The van der Waals surface area contributed by atoms with E-state index in [0.717, 1.165) is 22.2 Å². The Balaban J connectivity index is 1.48. The van der Waals surface area contributed by atoms with Gasteiger partial charge in [0, 0.05) is 11.6 Å². The van der Waals surface area contributed by atoms with Crippen LogP contribution in [0, 0.1) is 13.8 Å². The van der Waals surface area contributed by atoms with Gasteiger partial charge in [-0.1, -0.05) is 6.07 Å². The van der Waals surface area contributed by atoms with E-state index in [1.807, 2.05) is 19.1 Å². The first-order chi connectivity index (χ1) is 13.9. The Kier molecular flexibility index (Phi) is 4.81. The third kappa shape index (κ3) is 3.59. The number of ether oxygens (including phenoxy) is 1. The zero-order valence-corrected chi connectivity index (χ0v) is 16.5. The molecular weight excluding hydrogens is 390 g/mol. The number of anilines is 2. The van der Waals surface area contributed by atoms with Gasteiger partial charge in [-0.15, -0.1) is 11.3 Å². The largest absolute Gasteiger partial charge is 0.451 e. The Bertz CT molecular complexity index is 1260. The topological polar surface area (TPSA) is 120 Å². The SMILES string of the molecule is Cc1nc(C)c2c(N)c(C(=O)OCC(=O)Nc3cccc4ncccc34)sc2n1. The van der Waals surface area contributed by atoms with Gasteiger partial charge < -0.3 is 15.8 Å². The molecule has 3 N–H and O–H groups in total. The fourth-order valence-electron chi connectivity index (χ4n) is 3.08. The molecule has 0 aliphatic rings. The summed E-state index contributed by atoms with van der Waals surface area (Å²) < 4.78 is 5.17. The van der Waals surface area contributed by atoms with Crippen LogP contribution in [0.25, 0.3) is 21.1 Å². The maximum Gasteiger partial charge on any atom is 0.351 e. The monoisotopic (exact) mass is 407 g/mol. The Labute approximate surface area is 169 Å². The zero-order chi connectivity index (χ0) is 20.5. The van der Waals surface area contributed by atoms with E-state index >= 15 is 0 Å². The molecule has 0 unspecified atom stereocenters. The van der Waals surface area contributed by atoms with Gasteiger partial charge in [0.05, 0.1) is 28.0 Å². The van der Waals surface area contributed by atoms with Crippen LogP contribution in [0.3, 0.4) is 0 Å². The van der Waals surface area contributed by atoms with E-state index in [-0.39, 0.29) is 10.6 Å². The van der Waals surface area contributed by atoms with Gasteiger partial charge in [0.25, 0.3) is 5.91 Å². The lowest BCUT2D eigenvalue weighted by Crippen LogP contribution is -2.21. The lowest BCUT2D eigenvalue weighted by molar-refractivity contribution is -0.119. The van der Waals surface area contributed by atoms with Crippen LogP contribution in [0.1, 0.15) is 21.2 Å². The normalized spacial score (nSPS) is 11.0. The van der Waals surface area contributed by atoms with Crippen molar-refractivity contribution in [1.29, 1.82) is 0 Å². The summed E-state index contributed by atoms with van der Waals surface area (Å²) in [6.45, 7) is 3.14. The van der Waals surface area contributed by atoms with E-state index < -0.39 is 18.5 Å². The number of pyridine rings is 1. The molecule has 0 radical (unpaired) electrons. The van der Waals surface area contributed by atoms with E-state index in [1.165, 1.54) is 0 Å². The average Bonchev–Trinajstić information content (AvgIpc) is 3.03. The van der Waals surface area contributed by atoms with E-state index in [9.17, 15) is 9.59 Å². The Morgan fingerprint density at radius 1 is 1.17 bits per heavy atom. The number of rotatable bonds is 4. The molecule has 0 atom stereocenters. The lowest BCUT2D eigenvalue weighted by atomic mass is 10.2. The van der Waals surface area contributed by atoms with Gasteiger partial charge in [0.2, 0.25) is 0 Å². The van der Waals surface area contributed by atoms with E-state index in [1.54, 1.807) is 31.3 Å². The molecule has 9 heteroatoms. The molecule has 3 aromatic heterocycles. The summed E-state index contributed by atoms with van der Waals surface area (Å²) in [7, 11) is 0. The number of nitrogens with zero attached hydrogens (tertiary/aromatic N) is 3. The van der Waals surface area contributed by atoms with Crippen molar-refractivity contribution in [3.05, 3.63) is 52.9 Å². The highest BCUT2D eigenvalue weighted by molar-refractivity contribution is 7.21. The van der Waals surface area contributed by atoms with Gasteiger partial charge in [-0.05, 0) is 38.1 Å². The number of carbonyl (C=O) groups is 2. The van der Waals surface area contributed by atoms with Gasteiger partial charge in [0.1, 0.15) is 15.5 Å². The number of aryl methyl sites for hydroxylation is 2. The molecule has 3 heterocycles. The van der Waals surface area contributed by atoms with E-state index in [0.29, 0.717) is 27.4 Å². The number of thiophene rings is 1. The number of hydrogen-bond acceptors (Lipinski definition) is 8.